The Bertz CT molecular complexity index is 703. The Labute approximate surface area is 133 Å². The first-order valence-corrected chi connectivity index (χ1v) is 8.19. The zero-order chi connectivity index (χ0) is 15.7. The summed E-state index contributed by atoms with van der Waals surface area (Å²) < 4.78 is 2.16. The molecule has 22 heavy (non-hydrogen) atoms. The lowest BCUT2D eigenvalue weighted by molar-refractivity contribution is -0.123. The maximum Gasteiger partial charge on any atom is 0.256 e. The summed E-state index contributed by atoms with van der Waals surface area (Å²) in [6.45, 7) is 6.01. The minimum Gasteiger partial charge on any atom is -0.353 e. The summed E-state index contributed by atoms with van der Waals surface area (Å²) in [4.78, 5) is 27.0. The molecule has 0 aliphatic carbocycles. The molecule has 3 rings (SSSR count). The summed E-state index contributed by atoms with van der Waals surface area (Å²) >= 11 is 1.71. The highest BCUT2D eigenvalue weighted by Gasteiger charge is 2.25. The molecule has 0 bridgehead atoms. The number of aryl methyl sites for hydroxylation is 1. The molecule has 116 valence electrons. The van der Waals surface area contributed by atoms with E-state index in [-0.39, 0.29) is 18.4 Å². The fourth-order valence-electron chi connectivity index (χ4n) is 2.80. The van der Waals surface area contributed by atoms with Gasteiger partial charge in [-0.2, -0.15) is 0 Å². The second-order valence-corrected chi connectivity index (χ2v) is 6.56. The van der Waals surface area contributed by atoms with E-state index in [4.69, 9.17) is 0 Å². The molecular formula is C16H19N3O2S. The maximum absolute atomic E-state index is 12.7. The van der Waals surface area contributed by atoms with Gasteiger partial charge in [0, 0.05) is 29.4 Å². The number of rotatable bonds is 3. The number of amides is 2. The molecule has 0 atom stereocenters. The summed E-state index contributed by atoms with van der Waals surface area (Å²) in [5.41, 5.74) is 2.72. The molecule has 2 aromatic rings. The Morgan fingerprint density at radius 3 is 2.91 bits per heavy atom. The van der Waals surface area contributed by atoms with E-state index in [0.29, 0.717) is 18.7 Å². The van der Waals surface area contributed by atoms with E-state index >= 15 is 0 Å². The molecule has 1 aliphatic rings. The van der Waals surface area contributed by atoms with Crippen LogP contribution in [-0.2, 0) is 11.3 Å². The molecule has 0 aromatic carbocycles. The summed E-state index contributed by atoms with van der Waals surface area (Å²) in [5.74, 6) is -0.146. The van der Waals surface area contributed by atoms with Crippen molar-refractivity contribution in [2.45, 2.75) is 20.4 Å². The van der Waals surface area contributed by atoms with Gasteiger partial charge in [-0.15, -0.1) is 11.3 Å². The highest BCUT2D eigenvalue weighted by atomic mass is 32.1. The number of piperazine rings is 1. The number of carbonyl (C=O) groups excluding carboxylic acids is 2. The van der Waals surface area contributed by atoms with E-state index in [0.717, 1.165) is 17.9 Å². The SMILES string of the molecule is Cc1cc(C(=O)N2CCNC(=O)C2)c(C)n1Cc1cccs1. The zero-order valence-corrected chi connectivity index (χ0v) is 13.6. The average molecular weight is 317 g/mol. The van der Waals surface area contributed by atoms with Crippen molar-refractivity contribution in [3.8, 4) is 0 Å². The molecule has 1 fully saturated rings. The van der Waals surface area contributed by atoms with Crippen molar-refractivity contribution in [3.05, 3.63) is 45.4 Å². The van der Waals surface area contributed by atoms with Crippen LogP contribution < -0.4 is 5.32 Å². The van der Waals surface area contributed by atoms with E-state index in [2.05, 4.69) is 21.3 Å². The normalized spacial score (nSPS) is 15.0. The van der Waals surface area contributed by atoms with Crippen LogP contribution in [0.5, 0.6) is 0 Å². The van der Waals surface area contributed by atoms with Crippen LogP contribution in [0.25, 0.3) is 0 Å². The standard InChI is InChI=1S/C16H19N3O2S/c1-11-8-14(16(21)18-6-5-17-15(20)10-18)12(2)19(11)9-13-4-3-7-22-13/h3-4,7-8H,5-6,9-10H2,1-2H3,(H,17,20). The fourth-order valence-corrected chi connectivity index (χ4v) is 3.49. The molecule has 6 heteroatoms. The van der Waals surface area contributed by atoms with Crippen molar-refractivity contribution in [1.29, 1.82) is 0 Å². The van der Waals surface area contributed by atoms with E-state index < -0.39 is 0 Å². The van der Waals surface area contributed by atoms with Gasteiger partial charge < -0.3 is 14.8 Å². The Morgan fingerprint density at radius 1 is 1.41 bits per heavy atom. The Morgan fingerprint density at radius 2 is 2.23 bits per heavy atom. The quantitative estimate of drug-likeness (QED) is 0.938. The second kappa shape index (κ2) is 5.96. The molecule has 0 unspecified atom stereocenters. The van der Waals surface area contributed by atoms with Crippen molar-refractivity contribution < 1.29 is 9.59 Å². The van der Waals surface area contributed by atoms with Crippen LogP contribution in [0.4, 0.5) is 0 Å². The summed E-state index contributed by atoms with van der Waals surface area (Å²) in [6, 6.07) is 6.06. The minimum absolute atomic E-state index is 0.0552. The van der Waals surface area contributed by atoms with Gasteiger partial charge in [-0.3, -0.25) is 9.59 Å². The first kappa shape index (κ1) is 14.8. The molecule has 0 saturated carbocycles. The second-order valence-electron chi connectivity index (χ2n) is 5.53. The lowest BCUT2D eigenvalue weighted by Gasteiger charge is -2.26. The van der Waals surface area contributed by atoms with Gasteiger partial charge in [0.2, 0.25) is 5.91 Å². The van der Waals surface area contributed by atoms with Crippen LogP contribution in [0.15, 0.2) is 23.6 Å². The predicted molar refractivity (Wildman–Crippen MR) is 86.2 cm³/mol. The van der Waals surface area contributed by atoms with E-state index in [1.807, 2.05) is 26.0 Å². The van der Waals surface area contributed by atoms with Crippen LogP contribution in [-0.4, -0.2) is 40.9 Å². The van der Waals surface area contributed by atoms with Crippen LogP contribution in [0, 0.1) is 13.8 Å². The first-order valence-electron chi connectivity index (χ1n) is 7.31. The Balaban J connectivity index is 1.85. The van der Waals surface area contributed by atoms with E-state index in [9.17, 15) is 9.59 Å². The third-order valence-corrected chi connectivity index (χ3v) is 4.88. The average Bonchev–Trinajstić information content (AvgIpc) is 3.10. The number of hydrogen-bond acceptors (Lipinski definition) is 3. The van der Waals surface area contributed by atoms with Gasteiger partial charge in [0.05, 0.1) is 18.7 Å². The molecule has 5 nitrogen and oxygen atoms in total. The highest BCUT2D eigenvalue weighted by molar-refractivity contribution is 7.09. The van der Waals surface area contributed by atoms with Crippen LogP contribution >= 0.6 is 11.3 Å². The maximum atomic E-state index is 12.7. The molecule has 1 N–H and O–H groups in total. The van der Waals surface area contributed by atoms with Gasteiger partial charge in [-0.25, -0.2) is 0 Å². The topological polar surface area (TPSA) is 54.3 Å². The minimum atomic E-state index is -0.0907. The number of carbonyl (C=O) groups is 2. The molecule has 2 aromatic heterocycles. The van der Waals surface area contributed by atoms with Gasteiger partial charge >= 0.3 is 0 Å². The monoisotopic (exact) mass is 317 g/mol. The Kier molecular flexibility index (Phi) is 4.02. The molecular weight excluding hydrogens is 298 g/mol. The number of hydrogen-bond donors (Lipinski definition) is 1. The highest BCUT2D eigenvalue weighted by Crippen LogP contribution is 2.20. The Hall–Kier alpha value is -2.08. The van der Waals surface area contributed by atoms with Crippen molar-refractivity contribution in [3.63, 3.8) is 0 Å². The van der Waals surface area contributed by atoms with Crippen molar-refractivity contribution >= 4 is 23.2 Å². The van der Waals surface area contributed by atoms with Gasteiger partial charge in [-0.05, 0) is 31.4 Å². The number of thiophene rings is 1. The van der Waals surface area contributed by atoms with Gasteiger partial charge in [0.1, 0.15) is 0 Å². The first-order chi connectivity index (χ1) is 10.6. The van der Waals surface area contributed by atoms with Crippen LogP contribution in [0.2, 0.25) is 0 Å². The van der Waals surface area contributed by atoms with E-state index in [1.165, 1.54) is 4.88 Å². The molecule has 1 saturated heterocycles. The van der Waals surface area contributed by atoms with Gasteiger partial charge in [0.15, 0.2) is 0 Å². The summed E-state index contributed by atoms with van der Waals surface area (Å²) in [5, 5.41) is 4.80. The molecule has 0 radical (unpaired) electrons. The van der Waals surface area contributed by atoms with Crippen LogP contribution in [0.3, 0.4) is 0 Å². The lowest BCUT2D eigenvalue weighted by atomic mass is 10.2. The van der Waals surface area contributed by atoms with E-state index in [1.54, 1.807) is 16.2 Å². The summed E-state index contributed by atoms with van der Waals surface area (Å²) in [7, 11) is 0. The third-order valence-electron chi connectivity index (χ3n) is 4.02. The lowest BCUT2D eigenvalue weighted by Crippen LogP contribution is -2.50. The van der Waals surface area contributed by atoms with Gasteiger partial charge in [-0.1, -0.05) is 6.07 Å². The number of aromatic nitrogens is 1. The van der Waals surface area contributed by atoms with Crippen molar-refractivity contribution in [2.24, 2.45) is 0 Å². The fraction of sp³-hybridized carbons (Fsp3) is 0.375. The molecule has 0 spiro atoms. The zero-order valence-electron chi connectivity index (χ0n) is 12.8. The smallest absolute Gasteiger partial charge is 0.256 e. The molecule has 2 amide bonds. The van der Waals surface area contributed by atoms with Crippen molar-refractivity contribution in [2.75, 3.05) is 19.6 Å². The largest absolute Gasteiger partial charge is 0.353 e. The molecule has 1 aliphatic heterocycles. The molecule has 3 heterocycles. The van der Waals surface area contributed by atoms with Gasteiger partial charge in [0.25, 0.3) is 5.91 Å². The number of nitrogens with zero attached hydrogens (tertiary/aromatic N) is 2. The number of nitrogens with one attached hydrogen (secondary N) is 1. The summed E-state index contributed by atoms with van der Waals surface area (Å²) in [6.07, 6.45) is 0. The third kappa shape index (κ3) is 2.78. The predicted octanol–water partition coefficient (Wildman–Crippen LogP) is 1.79. The van der Waals surface area contributed by atoms with Crippen molar-refractivity contribution in [1.82, 2.24) is 14.8 Å². The van der Waals surface area contributed by atoms with Crippen LogP contribution in [0.1, 0.15) is 26.6 Å².